The molecule has 1 aliphatic heterocycles. The van der Waals surface area contributed by atoms with E-state index in [1.54, 1.807) is 20.2 Å². The number of piperidine rings is 1. The maximum Gasteiger partial charge on any atom is 0.221 e. The Balaban J connectivity index is 1.72. The second kappa shape index (κ2) is 11.2. The van der Waals surface area contributed by atoms with Gasteiger partial charge in [-0.15, -0.1) is 0 Å². The lowest BCUT2D eigenvalue weighted by molar-refractivity contribution is -0.121. The maximum absolute atomic E-state index is 11.5. The lowest BCUT2D eigenvalue weighted by atomic mass is 9.93. The van der Waals surface area contributed by atoms with Crippen LogP contribution >= 0.6 is 0 Å². The van der Waals surface area contributed by atoms with E-state index >= 15 is 0 Å². The van der Waals surface area contributed by atoms with E-state index in [9.17, 15) is 9.59 Å². The molecule has 1 aromatic rings. The summed E-state index contributed by atoms with van der Waals surface area (Å²) in [7, 11) is 3.46. The smallest absolute Gasteiger partial charge is 0.221 e. The highest BCUT2D eigenvalue weighted by atomic mass is 16.5. The largest absolute Gasteiger partial charge is 0.492 e. The van der Waals surface area contributed by atoms with Gasteiger partial charge < -0.3 is 25.6 Å². The molecule has 2 rings (SSSR count). The molecule has 2 amide bonds. The number of hydrogen-bond donors (Lipinski definition) is 3. The number of nitrogens with one attached hydrogen (secondary N) is 3. The lowest BCUT2D eigenvalue weighted by Gasteiger charge is -2.34. The minimum atomic E-state index is -0.110. The number of hydrogen-bond acceptors (Lipinski definition) is 4. The summed E-state index contributed by atoms with van der Waals surface area (Å²) in [5.74, 6) is 2.00. The molecule has 8 nitrogen and oxygen atoms in total. The number of benzene rings is 1. The Hall–Kier alpha value is -2.77. The summed E-state index contributed by atoms with van der Waals surface area (Å²) < 4.78 is 5.75. The van der Waals surface area contributed by atoms with E-state index in [1.807, 2.05) is 18.2 Å². The molecule has 8 heteroatoms. The van der Waals surface area contributed by atoms with Crippen molar-refractivity contribution in [1.82, 2.24) is 15.5 Å². The molecule has 0 aliphatic carbocycles. The van der Waals surface area contributed by atoms with Gasteiger partial charge in [0.25, 0.3) is 0 Å². The summed E-state index contributed by atoms with van der Waals surface area (Å²) in [6.45, 7) is 4.36. The first-order valence-corrected chi connectivity index (χ1v) is 9.68. The van der Waals surface area contributed by atoms with Gasteiger partial charge in [-0.2, -0.15) is 0 Å². The molecule has 0 atom stereocenters. The maximum atomic E-state index is 11.5. The molecule has 1 saturated heterocycles. The number of rotatable bonds is 7. The highest BCUT2D eigenvalue weighted by Crippen LogP contribution is 2.20. The molecule has 3 N–H and O–H groups in total. The fourth-order valence-electron chi connectivity index (χ4n) is 3.24. The Kier molecular flexibility index (Phi) is 8.58. The van der Waals surface area contributed by atoms with Crippen LogP contribution in [0.25, 0.3) is 0 Å². The fourth-order valence-corrected chi connectivity index (χ4v) is 3.24. The van der Waals surface area contributed by atoms with Crippen LogP contribution < -0.4 is 20.7 Å². The Morgan fingerprint density at radius 2 is 2.04 bits per heavy atom. The third-order valence-corrected chi connectivity index (χ3v) is 4.69. The highest BCUT2D eigenvalue weighted by molar-refractivity contribution is 5.88. The van der Waals surface area contributed by atoms with Gasteiger partial charge in [-0.3, -0.25) is 14.6 Å². The van der Waals surface area contributed by atoms with Crippen molar-refractivity contribution in [2.45, 2.75) is 26.2 Å². The molecule has 0 bridgehead atoms. The van der Waals surface area contributed by atoms with Gasteiger partial charge in [0.15, 0.2) is 5.96 Å². The average Bonchev–Trinajstić information content (AvgIpc) is 2.68. The van der Waals surface area contributed by atoms with Crippen LogP contribution in [0.4, 0.5) is 5.69 Å². The summed E-state index contributed by atoms with van der Waals surface area (Å²) in [5.41, 5.74) is 0.716. The Labute approximate surface area is 166 Å². The van der Waals surface area contributed by atoms with Crippen molar-refractivity contribution in [3.8, 4) is 5.75 Å². The van der Waals surface area contributed by atoms with Crippen LogP contribution in [0.15, 0.2) is 29.3 Å². The van der Waals surface area contributed by atoms with Gasteiger partial charge in [0.1, 0.15) is 12.4 Å². The number of carbonyl (C=O) groups is 2. The summed E-state index contributed by atoms with van der Waals surface area (Å²) in [4.78, 5) is 29.2. The number of aliphatic imine (C=N–C) groups is 1. The number of anilines is 1. The number of amides is 2. The van der Waals surface area contributed by atoms with E-state index in [0.29, 0.717) is 36.9 Å². The number of nitrogens with zero attached hydrogens (tertiary/aromatic N) is 2. The van der Waals surface area contributed by atoms with Gasteiger partial charge in [-0.1, -0.05) is 6.07 Å². The van der Waals surface area contributed by atoms with Crippen molar-refractivity contribution in [2.75, 3.05) is 45.7 Å². The van der Waals surface area contributed by atoms with E-state index < -0.39 is 0 Å². The standard InChI is InChI=1S/C20H31N5O3/c1-15(26)24-17-5-4-6-18(14-17)28-12-9-23-20(22-3)25-10-7-16(8-11-25)13-19(27)21-2/h4-6,14,16H,7-13H2,1-3H3,(H,21,27)(H,22,23)(H,24,26). The third kappa shape index (κ3) is 7.09. The SMILES string of the molecule is CN=C(NCCOc1cccc(NC(C)=O)c1)N1CCC(CC(=O)NC)CC1. The monoisotopic (exact) mass is 389 g/mol. The fraction of sp³-hybridized carbons (Fsp3) is 0.550. The molecule has 0 aromatic heterocycles. The van der Waals surface area contributed by atoms with Gasteiger partial charge in [-0.05, 0) is 30.9 Å². The van der Waals surface area contributed by atoms with E-state index in [1.165, 1.54) is 6.92 Å². The lowest BCUT2D eigenvalue weighted by Crippen LogP contribution is -2.46. The molecule has 1 aromatic carbocycles. The molecule has 28 heavy (non-hydrogen) atoms. The average molecular weight is 390 g/mol. The number of ether oxygens (including phenoxy) is 1. The van der Waals surface area contributed by atoms with Crippen molar-refractivity contribution >= 4 is 23.5 Å². The van der Waals surface area contributed by atoms with Gasteiger partial charge in [0.2, 0.25) is 11.8 Å². The van der Waals surface area contributed by atoms with Crippen LogP contribution in [0.1, 0.15) is 26.2 Å². The van der Waals surface area contributed by atoms with E-state index in [4.69, 9.17) is 4.74 Å². The Bertz CT molecular complexity index is 684. The van der Waals surface area contributed by atoms with Crippen molar-refractivity contribution in [2.24, 2.45) is 10.9 Å². The second-order valence-corrected chi connectivity index (χ2v) is 6.84. The zero-order chi connectivity index (χ0) is 20.4. The summed E-state index contributed by atoms with van der Waals surface area (Å²) >= 11 is 0. The van der Waals surface area contributed by atoms with E-state index in [0.717, 1.165) is 31.9 Å². The molecule has 1 aliphatic rings. The minimum absolute atomic E-state index is 0.110. The van der Waals surface area contributed by atoms with Gasteiger partial charge in [0, 0.05) is 52.3 Å². The predicted octanol–water partition coefficient (Wildman–Crippen LogP) is 1.45. The molecular formula is C20H31N5O3. The molecule has 0 unspecified atom stereocenters. The summed E-state index contributed by atoms with van der Waals surface area (Å²) in [6.07, 6.45) is 2.57. The van der Waals surface area contributed by atoms with Crippen LogP contribution in [0.5, 0.6) is 5.75 Å². The number of likely N-dealkylation sites (tertiary alicyclic amines) is 1. The third-order valence-electron chi connectivity index (χ3n) is 4.69. The molecule has 0 radical (unpaired) electrons. The molecule has 1 heterocycles. The van der Waals surface area contributed by atoms with Crippen molar-refractivity contribution < 1.29 is 14.3 Å². The molecule has 0 saturated carbocycles. The summed E-state index contributed by atoms with van der Waals surface area (Å²) in [5, 5.41) is 8.76. The Morgan fingerprint density at radius 1 is 1.29 bits per heavy atom. The minimum Gasteiger partial charge on any atom is -0.492 e. The highest BCUT2D eigenvalue weighted by Gasteiger charge is 2.22. The van der Waals surface area contributed by atoms with Gasteiger partial charge in [0.05, 0.1) is 6.54 Å². The van der Waals surface area contributed by atoms with Crippen LogP contribution in [0.2, 0.25) is 0 Å². The zero-order valence-corrected chi connectivity index (χ0v) is 17.0. The first-order chi connectivity index (χ1) is 13.5. The van der Waals surface area contributed by atoms with Crippen LogP contribution in [-0.2, 0) is 9.59 Å². The Morgan fingerprint density at radius 3 is 2.68 bits per heavy atom. The van der Waals surface area contributed by atoms with Crippen molar-refractivity contribution in [1.29, 1.82) is 0 Å². The molecule has 0 spiro atoms. The quantitative estimate of drug-likeness (QED) is 0.373. The first-order valence-electron chi connectivity index (χ1n) is 9.68. The van der Waals surface area contributed by atoms with Gasteiger partial charge >= 0.3 is 0 Å². The predicted molar refractivity (Wildman–Crippen MR) is 111 cm³/mol. The van der Waals surface area contributed by atoms with Crippen LogP contribution in [0, 0.1) is 5.92 Å². The van der Waals surface area contributed by atoms with E-state index in [2.05, 4.69) is 25.8 Å². The topological polar surface area (TPSA) is 95.1 Å². The molecular weight excluding hydrogens is 358 g/mol. The first kappa shape index (κ1) is 21.5. The van der Waals surface area contributed by atoms with Crippen molar-refractivity contribution in [3.05, 3.63) is 24.3 Å². The van der Waals surface area contributed by atoms with Crippen LogP contribution in [0.3, 0.4) is 0 Å². The number of guanidine groups is 1. The second-order valence-electron chi connectivity index (χ2n) is 6.84. The summed E-state index contributed by atoms with van der Waals surface area (Å²) in [6, 6.07) is 7.32. The van der Waals surface area contributed by atoms with Crippen LogP contribution in [-0.4, -0.2) is 63.0 Å². The van der Waals surface area contributed by atoms with Crippen molar-refractivity contribution in [3.63, 3.8) is 0 Å². The molecule has 154 valence electrons. The normalized spacial score (nSPS) is 15.1. The zero-order valence-electron chi connectivity index (χ0n) is 17.0. The van der Waals surface area contributed by atoms with Gasteiger partial charge in [-0.25, -0.2) is 0 Å². The number of carbonyl (C=O) groups excluding carboxylic acids is 2. The molecule has 1 fully saturated rings. The van der Waals surface area contributed by atoms with E-state index in [-0.39, 0.29) is 11.8 Å².